The fourth-order valence-electron chi connectivity index (χ4n) is 3.89. The van der Waals surface area contributed by atoms with Gasteiger partial charge in [-0.05, 0) is 25.0 Å². The van der Waals surface area contributed by atoms with Crippen LogP contribution in [0, 0.1) is 0 Å². The zero-order valence-electron chi connectivity index (χ0n) is 16.7. The van der Waals surface area contributed by atoms with Gasteiger partial charge in [0.1, 0.15) is 11.6 Å². The number of benzene rings is 1. The molecule has 0 spiro atoms. The Morgan fingerprint density at radius 3 is 2.69 bits per heavy atom. The van der Waals surface area contributed by atoms with Crippen molar-refractivity contribution in [3.63, 3.8) is 0 Å². The van der Waals surface area contributed by atoms with E-state index in [9.17, 15) is 4.79 Å². The van der Waals surface area contributed by atoms with Gasteiger partial charge in [-0.2, -0.15) is 0 Å². The molecule has 7 heteroatoms. The molecule has 0 unspecified atom stereocenters. The number of aromatic nitrogens is 3. The highest BCUT2D eigenvalue weighted by Crippen LogP contribution is 2.26. The molecule has 0 atom stereocenters. The summed E-state index contributed by atoms with van der Waals surface area (Å²) in [5, 5.41) is 4.05. The van der Waals surface area contributed by atoms with Gasteiger partial charge in [-0.3, -0.25) is 9.69 Å². The summed E-state index contributed by atoms with van der Waals surface area (Å²) in [5.41, 5.74) is 1.61. The topological polar surface area (TPSA) is 66.3 Å². The number of nitrogens with zero attached hydrogens (tertiary/aromatic N) is 5. The Morgan fingerprint density at radius 1 is 1.17 bits per heavy atom. The lowest BCUT2D eigenvalue weighted by molar-refractivity contribution is 0.0952. The number of anilines is 1. The molecular weight excluding hydrogens is 364 g/mol. The second-order valence-corrected chi connectivity index (χ2v) is 8.01. The van der Waals surface area contributed by atoms with Crippen LogP contribution in [-0.4, -0.2) is 57.6 Å². The van der Waals surface area contributed by atoms with E-state index in [4.69, 9.17) is 4.98 Å². The number of pyridine rings is 1. The van der Waals surface area contributed by atoms with E-state index < -0.39 is 0 Å². The van der Waals surface area contributed by atoms with Gasteiger partial charge in [0.05, 0.1) is 17.6 Å². The van der Waals surface area contributed by atoms with Crippen molar-refractivity contribution in [2.24, 2.45) is 7.05 Å². The van der Waals surface area contributed by atoms with Gasteiger partial charge in [0.2, 0.25) is 0 Å². The average Bonchev–Trinajstić information content (AvgIpc) is 3.47. The minimum Gasteiger partial charge on any atom is -0.354 e. The van der Waals surface area contributed by atoms with E-state index in [1.165, 1.54) is 0 Å². The van der Waals surface area contributed by atoms with E-state index in [0.717, 1.165) is 73.7 Å². The first-order valence-corrected chi connectivity index (χ1v) is 10.3. The van der Waals surface area contributed by atoms with Crippen molar-refractivity contribution in [1.29, 1.82) is 0 Å². The van der Waals surface area contributed by atoms with Gasteiger partial charge in [0.25, 0.3) is 5.91 Å². The molecule has 1 aliphatic carbocycles. The molecule has 0 radical (unpaired) electrons. The predicted molar refractivity (Wildman–Crippen MR) is 113 cm³/mol. The molecule has 3 heterocycles. The Morgan fingerprint density at radius 2 is 1.97 bits per heavy atom. The minimum absolute atomic E-state index is 0.0146. The first kappa shape index (κ1) is 18.1. The van der Waals surface area contributed by atoms with Crippen molar-refractivity contribution >= 4 is 22.6 Å². The number of imidazole rings is 1. The monoisotopic (exact) mass is 390 g/mol. The number of carbonyl (C=O) groups excluding carboxylic acids is 1. The van der Waals surface area contributed by atoms with Crippen LogP contribution in [0.15, 0.2) is 42.7 Å². The predicted octanol–water partition coefficient (Wildman–Crippen LogP) is 2.18. The lowest BCUT2D eigenvalue weighted by Crippen LogP contribution is -2.46. The van der Waals surface area contributed by atoms with Crippen LogP contribution in [0.3, 0.4) is 0 Å². The quantitative estimate of drug-likeness (QED) is 0.723. The van der Waals surface area contributed by atoms with E-state index in [-0.39, 0.29) is 5.91 Å². The van der Waals surface area contributed by atoms with Gasteiger partial charge in [0, 0.05) is 57.0 Å². The Bertz CT molecular complexity index is 1030. The summed E-state index contributed by atoms with van der Waals surface area (Å²) in [7, 11) is 2.03. The number of carbonyl (C=O) groups is 1. The Hall–Kier alpha value is -2.93. The number of piperazine rings is 1. The highest BCUT2D eigenvalue weighted by atomic mass is 16.1. The Labute approximate surface area is 170 Å². The third kappa shape index (κ3) is 3.82. The van der Waals surface area contributed by atoms with Gasteiger partial charge < -0.3 is 14.8 Å². The number of hydrogen-bond donors (Lipinski definition) is 1. The molecule has 1 saturated carbocycles. The van der Waals surface area contributed by atoms with Crippen LogP contribution in [0.2, 0.25) is 0 Å². The maximum atomic E-state index is 12.8. The third-order valence-corrected chi connectivity index (χ3v) is 5.84. The van der Waals surface area contributed by atoms with Crippen LogP contribution in [0.4, 0.5) is 5.82 Å². The van der Waals surface area contributed by atoms with Gasteiger partial charge in [-0.25, -0.2) is 9.97 Å². The lowest BCUT2D eigenvalue weighted by Gasteiger charge is -2.35. The van der Waals surface area contributed by atoms with Crippen molar-refractivity contribution in [3.8, 4) is 0 Å². The molecule has 1 amide bonds. The molecule has 1 saturated heterocycles. The SMILES string of the molecule is Cn1ccnc1CN1CCN(c2cc(C(=O)NC3CC3)c3ccccc3n2)CC1. The van der Waals surface area contributed by atoms with Crippen molar-refractivity contribution in [2.45, 2.75) is 25.4 Å². The first-order valence-electron chi connectivity index (χ1n) is 10.3. The molecule has 3 aromatic rings. The summed E-state index contributed by atoms with van der Waals surface area (Å²) in [5.74, 6) is 1.99. The first-order chi connectivity index (χ1) is 14.2. The third-order valence-electron chi connectivity index (χ3n) is 5.84. The van der Waals surface area contributed by atoms with E-state index in [2.05, 4.69) is 24.7 Å². The number of amides is 1. The van der Waals surface area contributed by atoms with E-state index >= 15 is 0 Å². The van der Waals surface area contributed by atoms with Crippen LogP contribution < -0.4 is 10.2 Å². The molecule has 1 aromatic carbocycles. The molecule has 2 aliphatic rings. The van der Waals surface area contributed by atoms with Gasteiger partial charge >= 0.3 is 0 Å². The second kappa shape index (κ2) is 7.48. The van der Waals surface area contributed by atoms with E-state index in [1.807, 2.05) is 49.8 Å². The normalized spacial score (nSPS) is 17.6. The number of nitrogens with one attached hydrogen (secondary N) is 1. The lowest BCUT2D eigenvalue weighted by atomic mass is 10.1. The summed E-state index contributed by atoms with van der Waals surface area (Å²) in [4.78, 5) is 26.8. The van der Waals surface area contributed by atoms with Gasteiger partial charge in [-0.15, -0.1) is 0 Å². The maximum absolute atomic E-state index is 12.8. The number of aryl methyl sites for hydroxylation is 1. The number of rotatable bonds is 5. The van der Waals surface area contributed by atoms with Gasteiger partial charge in [-0.1, -0.05) is 18.2 Å². The van der Waals surface area contributed by atoms with Crippen molar-refractivity contribution in [3.05, 3.63) is 54.1 Å². The molecule has 2 aromatic heterocycles. The fourth-order valence-corrected chi connectivity index (χ4v) is 3.89. The molecule has 1 N–H and O–H groups in total. The van der Waals surface area contributed by atoms with Crippen molar-refractivity contribution in [1.82, 2.24) is 24.8 Å². The maximum Gasteiger partial charge on any atom is 0.252 e. The second-order valence-electron chi connectivity index (χ2n) is 8.01. The number of hydrogen-bond acceptors (Lipinski definition) is 5. The minimum atomic E-state index is 0.0146. The van der Waals surface area contributed by atoms with Crippen LogP contribution in [0.1, 0.15) is 29.0 Å². The molecule has 1 aliphatic heterocycles. The molecule has 150 valence electrons. The smallest absolute Gasteiger partial charge is 0.252 e. The van der Waals surface area contributed by atoms with Crippen molar-refractivity contribution in [2.75, 3.05) is 31.1 Å². The molecule has 7 nitrogen and oxygen atoms in total. The number of para-hydroxylation sites is 1. The largest absolute Gasteiger partial charge is 0.354 e. The Kier molecular flexibility index (Phi) is 4.67. The van der Waals surface area contributed by atoms with Crippen LogP contribution in [0.5, 0.6) is 0 Å². The molecule has 5 rings (SSSR count). The molecular formula is C22H26N6O. The van der Waals surface area contributed by atoms with Crippen molar-refractivity contribution < 1.29 is 4.79 Å². The number of fused-ring (bicyclic) bond motifs is 1. The molecule has 29 heavy (non-hydrogen) atoms. The zero-order valence-corrected chi connectivity index (χ0v) is 16.7. The molecule has 0 bridgehead atoms. The highest BCUT2D eigenvalue weighted by Gasteiger charge is 2.26. The van der Waals surface area contributed by atoms with Gasteiger partial charge in [0.15, 0.2) is 0 Å². The van der Waals surface area contributed by atoms with Crippen LogP contribution in [-0.2, 0) is 13.6 Å². The molecule has 2 fully saturated rings. The fraction of sp³-hybridized carbons (Fsp3) is 0.409. The average molecular weight is 390 g/mol. The van der Waals surface area contributed by atoms with Crippen LogP contribution in [0.25, 0.3) is 10.9 Å². The van der Waals surface area contributed by atoms with E-state index in [0.29, 0.717) is 6.04 Å². The standard InChI is InChI=1S/C22H26N6O/c1-26-9-8-23-21(26)15-27-10-12-28(13-11-27)20-14-18(22(29)24-16-6-7-16)17-4-2-3-5-19(17)25-20/h2-5,8-9,14,16H,6-7,10-13,15H2,1H3,(H,24,29). The Balaban J connectivity index is 1.35. The van der Waals surface area contributed by atoms with Crippen LogP contribution >= 0.6 is 0 Å². The van der Waals surface area contributed by atoms with E-state index in [1.54, 1.807) is 0 Å². The summed E-state index contributed by atoms with van der Waals surface area (Å²) >= 11 is 0. The summed E-state index contributed by atoms with van der Waals surface area (Å²) in [6.45, 7) is 4.53. The highest BCUT2D eigenvalue weighted by molar-refractivity contribution is 6.07. The zero-order chi connectivity index (χ0) is 19.8. The summed E-state index contributed by atoms with van der Waals surface area (Å²) in [6, 6.07) is 10.2. The summed E-state index contributed by atoms with van der Waals surface area (Å²) < 4.78 is 2.07. The summed E-state index contributed by atoms with van der Waals surface area (Å²) in [6.07, 6.45) is 6.00.